The second kappa shape index (κ2) is 6.12. The van der Waals surface area contributed by atoms with Gasteiger partial charge < -0.3 is 5.11 Å². The summed E-state index contributed by atoms with van der Waals surface area (Å²) in [5.74, 6) is -2.20. The Morgan fingerprint density at radius 2 is 1.74 bits per heavy atom. The van der Waals surface area contributed by atoms with E-state index >= 15 is 0 Å². The first-order valence-electron chi connectivity index (χ1n) is 5.11. The molecule has 0 atom stereocenters. The molecule has 0 aromatic heterocycles. The predicted octanol–water partition coefficient (Wildman–Crippen LogP) is -0.0547. The highest BCUT2D eigenvalue weighted by molar-refractivity contribution is 7.89. The van der Waals surface area contributed by atoms with Crippen LogP contribution in [0.25, 0.3) is 0 Å². The minimum atomic E-state index is -3.87. The number of carbonyl (C=O) groups excluding carboxylic acids is 1. The highest BCUT2D eigenvalue weighted by atomic mass is 32.2. The summed E-state index contributed by atoms with van der Waals surface area (Å²) in [7, 11) is -3.87. The van der Waals surface area contributed by atoms with Gasteiger partial charge in [0.25, 0.3) is 15.9 Å². The number of carboxylic acid groups (broad SMARTS) is 1. The van der Waals surface area contributed by atoms with E-state index in [9.17, 15) is 18.0 Å². The van der Waals surface area contributed by atoms with E-state index in [-0.39, 0.29) is 4.90 Å². The fraction of sp³-hybridized carbons (Fsp3) is 0.0909. The molecule has 1 rings (SSSR count). The Balaban J connectivity index is 2.68. The fourth-order valence-electron chi connectivity index (χ4n) is 1.08. The molecule has 0 heterocycles. The standard InChI is InChI=1S/C11H12N2O5S/c1-8-2-4-9(5-3-8)19(17,18)13-12-10(14)6-7-11(15)16/h2-7,13H,1H3,(H,12,14)(H,15,16)/b7-6+. The van der Waals surface area contributed by atoms with Crippen molar-refractivity contribution in [2.75, 3.05) is 0 Å². The third-order valence-electron chi connectivity index (χ3n) is 2.02. The van der Waals surface area contributed by atoms with Crippen molar-refractivity contribution in [1.29, 1.82) is 0 Å². The molecule has 0 spiro atoms. The van der Waals surface area contributed by atoms with Crippen molar-refractivity contribution in [2.24, 2.45) is 0 Å². The van der Waals surface area contributed by atoms with Gasteiger partial charge in [0.2, 0.25) is 0 Å². The number of hydrogen-bond acceptors (Lipinski definition) is 4. The van der Waals surface area contributed by atoms with Crippen LogP contribution in [0.15, 0.2) is 41.3 Å². The number of aryl methyl sites for hydroxylation is 1. The number of carboxylic acids is 1. The summed E-state index contributed by atoms with van der Waals surface area (Å²) in [5, 5.41) is 8.29. The third kappa shape index (κ3) is 4.90. The summed E-state index contributed by atoms with van der Waals surface area (Å²) in [6, 6.07) is 6.00. The zero-order chi connectivity index (χ0) is 14.5. The molecule has 8 heteroatoms. The lowest BCUT2D eigenvalue weighted by Gasteiger charge is -2.06. The molecule has 0 saturated heterocycles. The van der Waals surface area contributed by atoms with Crippen LogP contribution >= 0.6 is 0 Å². The van der Waals surface area contributed by atoms with Crippen molar-refractivity contribution in [2.45, 2.75) is 11.8 Å². The van der Waals surface area contributed by atoms with Crippen molar-refractivity contribution in [3.05, 3.63) is 42.0 Å². The summed E-state index contributed by atoms with van der Waals surface area (Å²) in [5.41, 5.74) is 2.76. The van der Waals surface area contributed by atoms with E-state index in [1.165, 1.54) is 12.1 Å². The van der Waals surface area contributed by atoms with Gasteiger partial charge in [0.1, 0.15) is 0 Å². The smallest absolute Gasteiger partial charge is 0.328 e. The van der Waals surface area contributed by atoms with Crippen LogP contribution in [-0.4, -0.2) is 25.4 Å². The first-order valence-corrected chi connectivity index (χ1v) is 6.59. The Labute approximate surface area is 110 Å². The number of benzene rings is 1. The molecule has 0 saturated carbocycles. The Morgan fingerprint density at radius 3 is 2.26 bits per heavy atom. The summed E-state index contributed by atoms with van der Waals surface area (Å²) < 4.78 is 23.4. The molecule has 19 heavy (non-hydrogen) atoms. The summed E-state index contributed by atoms with van der Waals surface area (Å²) in [6.07, 6.45) is 1.29. The summed E-state index contributed by atoms with van der Waals surface area (Å²) in [4.78, 5) is 23.1. The van der Waals surface area contributed by atoms with Crippen LogP contribution in [0.5, 0.6) is 0 Å². The van der Waals surface area contributed by atoms with Gasteiger partial charge in [-0.15, -0.1) is 4.83 Å². The molecule has 0 aliphatic heterocycles. The maximum absolute atomic E-state index is 11.7. The van der Waals surface area contributed by atoms with Gasteiger partial charge in [-0.25, -0.2) is 13.2 Å². The van der Waals surface area contributed by atoms with Gasteiger partial charge in [0.15, 0.2) is 0 Å². The van der Waals surface area contributed by atoms with Crippen molar-refractivity contribution in [3.63, 3.8) is 0 Å². The Morgan fingerprint density at radius 1 is 1.16 bits per heavy atom. The van der Waals surface area contributed by atoms with E-state index in [1.807, 2.05) is 17.2 Å². The molecule has 0 radical (unpaired) electrons. The predicted molar refractivity (Wildman–Crippen MR) is 66.4 cm³/mol. The van der Waals surface area contributed by atoms with Crippen LogP contribution in [0, 0.1) is 6.92 Å². The molecule has 0 aliphatic carbocycles. The van der Waals surface area contributed by atoms with Gasteiger partial charge in [-0.1, -0.05) is 17.7 Å². The second-order valence-electron chi connectivity index (χ2n) is 3.58. The normalized spacial score (nSPS) is 11.4. The summed E-state index contributed by atoms with van der Waals surface area (Å²) in [6.45, 7) is 1.81. The number of aliphatic carboxylic acids is 1. The van der Waals surface area contributed by atoms with E-state index in [0.29, 0.717) is 12.2 Å². The molecule has 3 N–H and O–H groups in total. The lowest BCUT2D eigenvalue weighted by atomic mass is 10.2. The van der Waals surface area contributed by atoms with Crippen LogP contribution in [-0.2, 0) is 19.6 Å². The molecule has 0 fully saturated rings. The van der Waals surface area contributed by atoms with Crippen LogP contribution in [0.3, 0.4) is 0 Å². The molecular formula is C11H12N2O5S. The topological polar surface area (TPSA) is 113 Å². The fourth-order valence-corrected chi connectivity index (χ4v) is 1.93. The maximum atomic E-state index is 11.7. The maximum Gasteiger partial charge on any atom is 0.328 e. The van der Waals surface area contributed by atoms with Crippen molar-refractivity contribution >= 4 is 21.9 Å². The Hall–Kier alpha value is -2.19. The molecule has 102 valence electrons. The van der Waals surface area contributed by atoms with Gasteiger partial charge >= 0.3 is 5.97 Å². The quantitative estimate of drug-likeness (QED) is 0.518. The first-order chi connectivity index (χ1) is 8.81. The highest BCUT2D eigenvalue weighted by Crippen LogP contribution is 2.08. The highest BCUT2D eigenvalue weighted by Gasteiger charge is 2.13. The van der Waals surface area contributed by atoms with Gasteiger partial charge in [0.05, 0.1) is 4.90 Å². The number of nitrogens with one attached hydrogen (secondary N) is 2. The zero-order valence-electron chi connectivity index (χ0n) is 9.95. The second-order valence-corrected chi connectivity index (χ2v) is 5.26. The van der Waals surface area contributed by atoms with E-state index in [2.05, 4.69) is 0 Å². The minimum Gasteiger partial charge on any atom is -0.478 e. The Bertz CT molecular complexity index is 604. The van der Waals surface area contributed by atoms with E-state index < -0.39 is 21.9 Å². The monoisotopic (exact) mass is 284 g/mol. The zero-order valence-corrected chi connectivity index (χ0v) is 10.8. The molecular weight excluding hydrogens is 272 g/mol. The molecule has 0 unspecified atom stereocenters. The number of hydrazine groups is 1. The van der Waals surface area contributed by atoms with Gasteiger partial charge in [-0.05, 0) is 19.1 Å². The summed E-state index contributed by atoms with van der Waals surface area (Å²) >= 11 is 0. The van der Waals surface area contributed by atoms with Gasteiger partial charge in [-0.2, -0.15) is 0 Å². The van der Waals surface area contributed by atoms with Crippen molar-refractivity contribution in [1.82, 2.24) is 10.3 Å². The van der Waals surface area contributed by atoms with E-state index in [0.717, 1.165) is 5.56 Å². The van der Waals surface area contributed by atoms with Crippen LogP contribution in [0.1, 0.15) is 5.56 Å². The molecule has 1 aromatic carbocycles. The molecule has 7 nitrogen and oxygen atoms in total. The van der Waals surface area contributed by atoms with E-state index in [4.69, 9.17) is 5.11 Å². The lowest BCUT2D eigenvalue weighted by Crippen LogP contribution is -2.40. The number of carbonyl (C=O) groups is 2. The van der Waals surface area contributed by atoms with Crippen molar-refractivity contribution < 1.29 is 23.1 Å². The SMILES string of the molecule is Cc1ccc(S(=O)(=O)NNC(=O)/C=C/C(=O)O)cc1. The largest absolute Gasteiger partial charge is 0.478 e. The average Bonchev–Trinajstić information content (AvgIpc) is 2.34. The van der Waals surface area contributed by atoms with Gasteiger partial charge in [-0.3, -0.25) is 10.2 Å². The average molecular weight is 284 g/mol. The Kier molecular flexibility index (Phi) is 4.79. The molecule has 1 amide bonds. The van der Waals surface area contributed by atoms with Crippen LogP contribution in [0.4, 0.5) is 0 Å². The number of rotatable bonds is 5. The number of sulfonamides is 1. The third-order valence-corrected chi connectivity index (χ3v) is 3.28. The molecule has 1 aromatic rings. The lowest BCUT2D eigenvalue weighted by molar-refractivity contribution is -0.131. The molecule has 0 bridgehead atoms. The van der Waals surface area contributed by atoms with Crippen molar-refractivity contribution in [3.8, 4) is 0 Å². The minimum absolute atomic E-state index is 0.0133. The van der Waals surface area contributed by atoms with Crippen LogP contribution < -0.4 is 10.3 Å². The molecule has 0 aliphatic rings. The number of amides is 1. The number of hydrogen-bond donors (Lipinski definition) is 3. The first kappa shape index (κ1) is 14.9. The van der Waals surface area contributed by atoms with Crippen LogP contribution in [0.2, 0.25) is 0 Å². The van der Waals surface area contributed by atoms with Gasteiger partial charge in [0, 0.05) is 12.2 Å². The van der Waals surface area contributed by atoms with E-state index in [1.54, 1.807) is 12.1 Å².